The van der Waals surface area contributed by atoms with Gasteiger partial charge in [-0.2, -0.15) is 0 Å². The Bertz CT molecular complexity index is 481. The normalized spacial score (nSPS) is 12.3. The first-order valence-corrected chi connectivity index (χ1v) is 6.26. The van der Waals surface area contributed by atoms with Gasteiger partial charge in [0.15, 0.2) is 5.13 Å². The van der Waals surface area contributed by atoms with E-state index in [0.29, 0.717) is 5.13 Å². The number of hydrogen-bond donors (Lipinski definition) is 1. The Morgan fingerprint density at radius 2 is 2.44 bits per heavy atom. The summed E-state index contributed by atoms with van der Waals surface area (Å²) in [6.45, 7) is 2.00. The Hall–Kier alpha value is -1.47. The van der Waals surface area contributed by atoms with Crippen LogP contribution in [0.4, 0.5) is 10.1 Å². The van der Waals surface area contributed by atoms with E-state index in [1.807, 2.05) is 24.4 Å². The topological polar surface area (TPSA) is 68.1 Å². The molecule has 0 amide bonds. The fourth-order valence-electron chi connectivity index (χ4n) is 1.21. The quantitative estimate of drug-likeness (QED) is 0.672. The number of thiazole rings is 1. The van der Waals surface area contributed by atoms with Gasteiger partial charge in [-0.25, -0.2) is 4.98 Å². The molecule has 5 nitrogen and oxygen atoms in total. The van der Waals surface area contributed by atoms with Gasteiger partial charge >= 0.3 is 5.00 Å². The summed E-state index contributed by atoms with van der Waals surface area (Å²) >= 11 is 2.69. The molecule has 0 aliphatic rings. The third-order valence-electron chi connectivity index (χ3n) is 1.98. The average Bonchev–Trinajstić information content (AvgIpc) is 2.87. The van der Waals surface area contributed by atoms with Crippen molar-refractivity contribution in [2.75, 3.05) is 5.32 Å². The summed E-state index contributed by atoms with van der Waals surface area (Å²) in [6, 6.07) is 4.11. The van der Waals surface area contributed by atoms with Crippen LogP contribution in [-0.2, 0) is 0 Å². The lowest BCUT2D eigenvalue weighted by Gasteiger charge is -2.09. The summed E-state index contributed by atoms with van der Waals surface area (Å²) in [4.78, 5) is 15.2. The SMILES string of the molecule is CC(Nc1ncc([N+](=O)[O-])s1)c1cccs1. The highest BCUT2D eigenvalue weighted by atomic mass is 32.1. The number of anilines is 1. The van der Waals surface area contributed by atoms with E-state index in [9.17, 15) is 10.1 Å². The van der Waals surface area contributed by atoms with Gasteiger partial charge in [-0.3, -0.25) is 10.1 Å². The molecule has 0 fully saturated rings. The lowest BCUT2D eigenvalue weighted by molar-refractivity contribution is -0.380. The maximum Gasteiger partial charge on any atom is 0.345 e. The number of nitro groups is 1. The van der Waals surface area contributed by atoms with Gasteiger partial charge in [-0.15, -0.1) is 11.3 Å². The highest BCUT2D eigenvalue weighted by Crippen LogP contribution is 2.29. The number of rotatable bonds is 4. The van der Waals surface area contributed by atoms with Gasteiger partial charge < -0.3 is 5.32 Å². The van der Waals surface area contributed by atoms with Gasteiger partial charge in [0.25, 0.3) is 0 Å². The molecule has 2 aromatic rings. The first kappa shape index (κ1) is 11.0. The van der Waals surface area contributed by atoms with Crippen LogP contribution in [0.3, 0.4) is 0 Å². The molecule has 0 bridgehead atoms. The van der Waals surface area contributed by atoms with Crippen molar-refractivity contribution < 1.29 is 4.92 Å². The van der Waals surface area contributed by atoms with Crippen molar-refractivity contribution in [3.05, 3.63) is 38.7 Å². The number of hydrogen-bond acceptors (Lipinski definition) is 6. The Morgan fingerprint density at radius 3 is 3.00 bits per heavy atom. The second kappa shape index (κ2) is 4.58. The predicted molar refractivity (Wildman–Crippen MR) is 65.1 cm³/mol. The first-order valence-electron chi connectivity index (χ1n) is 4.57. The standard InChI is InChI=1S/C9H9N3O2S2/c1-6(7-3-2-4-15-7)11-9-10-5-8(16-9)12(13)14/h2-6H,1H3,(H,10,11). The third-order valence-corrected chi connectivity index (χ3v) is 3.92. The largest absolute Gasteiger partial charge is 0.354 e. The minimum atomic E-state index is -0.432. The van der Waals surface area contributed by atoms with Crippen LogP contribution in [0.1, 0.15) is 17.8 Å². The maximum absolute atomic E-state index is 10.5. The number of thiophene rings is 1. The van der Waals surface area contributed by atoms with Crippen LogP contribution < -0.4 is 5.32 Å². The van der Waals surface area contributed by atoms with Gasteiger partial charge in [0.1, 0.15) is 6.20 Å². The van der Waals surface area contributed by atoms with Crippen molar-refractivity contribution in [1.82, 2.24) is 4.98 Å². The zero-order valence-electron chi connectivity index (χ0n) is 8.41. The molecule has 0 saturated heterocycles. The fourth-order valence-corrected chi connectivity index (χ4v) is 2.66. The molecule has 2 rings (SSSR count). The summed E-state index contributed by atoms with van der Waals surface area (Å²) in [5.41, 5.74) is 0. The van der Waals surface area contributed by atoms with Crippen molar-refractivity contribution >= 4 is 32.8 Å². The average molecular weight is 255 g/mol. The molecule has 0 saturated carbocycles. The van der Waals surface area contributed by atoms with Crippen LogP contribution in [0.25, 0.3) is 0 Å². The van der Waals surface area contributed by atoms with E-state index in [-0.39, 0.29) is 11.0 Å². The van der Waals surface area contributed by atoms with Crippen LogP contribution >= 0.6 is 22.7 Å². The number of nitrogens with zero attached hydrogens (tertiary/aromatic N) is 2. The zero-order valence-corrected chi connectivity index (χ0v) is 10.0. The molecule has 7 heteroatoms. The van der Waals surface area contributed by atoms with Gasteiger partial charge in [0, 0.05) is 4.88 Å². The smallest absolute Gasteiger partial charge is 0.345 e. The molecule has 84 valence electrons. The Kier molecular flexibility index (Phi) is 3.16. The Morgan fingerprint density at radius 1 is 1.62 bits per heavy atom. The molecule has 0 aromatic carbocycles. The van der Waals surface area contributed by atoms with Crippen LogP contribution in [0.15, 0.2) is 23.7 Å². The molecule has 0 aliphatic carbocycles. The molecule has 2 heterocycles. The molecule has 1 N–H and O–H groups in total. The highest BCUT2D eigenvalue weighted by Gasteiger charge is 2.13. The molecular weight excluding hydrogens is 246 g/mol. The summed E-state index contributed by atoms with van der Waals surface area (Å²) in [5, 5.41) is 16.2. The van der Waals surface area contributed by atoms with Gasteiger partial charge in [-0.05, 0) is 29.7 Å². The summed E-state index contributed by atoms with van der Waals surface area (Å²) in [6.07, 6.45) is 1.27. The highest BCUT2D eigenvalue weighted by molar-refractivity contribution is 7.18. The van der Waals surface area contributed by atoms with Gasteiger partial charge in [-0.1, -0.05) is 6.07 Å². The zero-order chi connectivity index (χ0) is 11.5. The predicted octanol–water partition coefficient (Wildman–Crippen LogP) is 3.29. The molecule has 2 aromatic heterocycles. The van der Waals surface area contributed by atoms with E-state index in [1.165, 1.54) is 11.1 Å². The van der Waals surface area contributed by atoms with Crippen LogP contribution in [0, 0.1) is 10.1 Å². The Labute approximate surface area is 99.9 Å². The molecule has 16 heavy (non-hydrogen) atoms. The van der Waals surface area contributed by atoms with E-state index in [1.54, 1.807) is 11.3 Å². The number of aromatic nitrogens is 1. The van der Waals surface area contributed by atoms with Gasteiger partial charge in [0.05, 0.1) is 11.0 Å². The van der Waals surface area contributed by atoms with Gasteiger partial charge in [0.2, 0.25) is 0 Å². The second-order valence-electron chi connectivity index (χ2n) is 3.14. The molecule has 0 aliphatic heterocycles. The molecule has 1 atom stereocenters. The first-order chi connectivity index (χ1) is 7.66. The van der Waals surface area contributed by atoms with Crippen LogP contribution in [0.5, 0.6) is 0 Å². The van der Waals surface area contributed by atoms with Crippen molar-refractivity contribution in [2.24, 2.45) is 0 Å². The number of nitrogens with one attached hydrogen (secondary N) is 1. The summed E-state index contributed by atoms with van der Waals surface area (Å²) in [5.74, 6) is 0. The van der Waals surface area contributed by atoms with Crippen LogP contribution in [-0.4, -0.2) is 9.91 Å². The lowest BCUT2D eigenvalue weighted by Crippen LogP contribution is -2.03. The van der Waals surface area contributed by atoms with Crippen molar-refractivity contribution in [2.45, 2.75) is 13.0 Å². The maximum atomic E-state index is 10.5. The van der Waals surface area contributed by atoms with Crippen molar-refractivity contribution in [3.63, 3.8) is 0 Å². The molecule has 0 radical (unpaired) electrons. The molecule has 1 unspecified atom stereocenters. The van der Waals surface area contributed by atoms with Crippen molar-refractivity contribution in [1.29, 1.82) is 0 Å². The van der Waals surface area contributed by atoms with E-state index < -0.39 is 4.92 Å². The minimum absolute atomic E-state index is 0.0564. The monoisotopic (exact) mass is 255 g/mol. The van der Waals surface area contributed by atoms with E-state index in [2.05, 4.69) is 10.3 Å². The van der Waals surface area contributed by atoms with E-state index in [0.717, 1.165) is 11.3 Å². The molecule has 0 spiro atoms. The van der Waals surface area contributed by atoms with Crippen molar-refractivity contribution in [3.8, 4) is 0 Å². The lowest BCUT2D eigenvalue weighted by atomic mass is 10.3. The summed E-state index contributed by atoms with van der Waals surface area (Å²) < 4.78 is 0. The third kappa shape index (κ3) is 2.37. The van der Waals surface area contributed by atoms with E-state index in [4.69, 9.17) is 0 Å². The van der Waals surface area contributed by atoms with Crippen LogP contribution in [0.2, 0.25) is 0 Å². The second-order valence-corrected chi connectivity index (χ2v) is 5.13. The summed E-state index contributed by atoms with van der Waals surface area (Å²) in [7, 11) is 0. The fraction of sp³-hybridized carbons (Fsp3) is 0.222. The Balaban J connectivity index is 2.06. The van der Waals surface area contributed by atoms with E-state index >= 15 is 0 Å². The minimum Gasteiger partial charge on any atom is -0.354 e. The molecular formula is C9H9N3O2S2.